The van der Waals surface area contributed by atoms with Crippen LogP contribution in [0.3, 0.4) is 0 Å². The van der Waals surface area contributed by atoms with Crippen LogP contribution in [0.4, 0.5) is 21.7 Å². The summed E-state index contributed by atoms with van der Waals surface area (Å²) in [6, 6.07) is 4.12. The number of carbonyl (C=O) groups excluding carboxylic acids is 2. The summed E-state index contributed by atoms with van der Waals surface area (Å²) in [7, 11) is 3.03. The lowest BCUT2D eigenvalue weighted by atomic mass is 10.2. The number of amides is 1. The van der Waals surface area contributed by atoms with Gasteiger partial charge in [-0.05, 0) is 0 Å². The highest BCUT2D eigenvalue weighted by Crippen LogP contribution is 2.39. The van der Waals surface area contributed by atoms with Crippen molar-refractivity contribution in [3.05, 3.63) is 35.8 Å². The summed E-state index contributed by atoms with van der Waals surface area (Å²) in [4.78, 5) is 28.5. The molecule has 0 bridgehead atoms. The minimum atomic E-state index is -0.782. The number of anilines is 3. The standard InChI is InChI=1S/C18H17FN6O4/c1-20-14-7-13(23-11-5-9(19)6-12-16(11)29-4-3-28-12)24-17-10(8-22-25(14)17)15(26)18(27)21-2/h5-8,20H,3-4H2,1-2H3,(H,21,27)(H,23,24). The van der Waals surface area contributed by atoms with Gasteiger partial charge >= 0.3 is 0 Å². The summed E-state index contributed by atoms with van der Waals surface area (Å²) >= 11 is 0. The van der Waals surface area contributed by atoms with Crippen LogP contribution >= 0.6 is 0 Å². The van der Waals surface area contributed by atoms with Crippen molar-refractivity contribution in [2.45, 2.75) is 0 Å². The van der Waals surface area contributed by atoms with Gasteiger partial charge < -0.3 is 25.4 Å². The summed E-state index contributed by atoms with van der Waals surface area (Å²) in [6.07, 6.45) is 1.27. The van der Waals surface area contributed by atoms with Crippen LogP contribution in [0.5, 0.6) is 11.5 Å². The minimum absolute atomic E-state index is 0.0327. The summed E-state index contributed by atoms with van der Waals surface area (Å²) in [6.45, 7) is 0.653. The number of fused-ring (bicyclic) bond motifs is 2. The maximum absolute atomic E-state index is 14.0. The predicted octanol–water partition coefficient (Wildman–Crippen LogP) is 1.35. The van der Waals surface area contributed by atoms with Gasteiger partial charge in [0.15, 0.2) is 17.1 Å². The van der Waals surface area contributed by atoms with Gasteiger partial charge in [0.1, 0.15) is 30.7 Å². The molecule has 3 N–H and O–H groups in total. The lowest BCUT2D eigenvalue weighted by molar-refractivity contribution is -0.116. The number of nitrogens with zero attached hydrogens (tertiary/aromatic N) is 3. The van der Waals surface area contributed by atoms with Gasteiger partial charge in [-0.1, -0.05) is 0 Å². The fraction of sp³-hybridized carbons (Fsp3) is 0.222. The third-order valence-corrected chi connectivity index (χ3v) is 4.28. The number of aromatic nitrogens is 3. The molecule has 1 aliphatic rings. The monoisotopic (exact) mass is 400 g/mol. The summed E-state index contributed by atoms with van der Waals surface area (Å²) < 4.78 is 26.4. The van der Waals surface area contributed by atoms with E-state index in [-0.39, 0.29) is 22.8 Å². The van der Waals surface area contributed by atoms with Crippen molar-refractivity contribution in [3.63, 3.8) is 0 Å². The van der Waals surface area contributed by atoms with Crippen LogP contribution in [0.15, 0.2) is 24.4 Å². The number of ether oxygens (including phenoxy) is 2. The van der Waals surface area contributed by atoms with Crippen molar-refractivity contribution in [2.24, 2.45) is 0 Å². The molecular weight excluding hydrogens is 383 g/mol. The molecule has 0 atom stereocenters. The fourth-order valence-electron chi connectivity index (χ4n) is 2.95. The molecule has 0 spiro atoms. The third-order valence-electron chi connectivity index (χ3n) is 4.28. The van der Waals surface area contributed by atoms with Crippen molar-refractivity contribution >= 4 is 34.7 Å². The van der Waals surface area contributed by atoms with Crippen LogP contribution in [0, 0.1) is 5.82 Å². The zero-order valence-corrected chi connectivity index (χ0v) is 15.6. The van der Waals surface area contributed by atoms with Crippen molar-refractivity contribution < 1.29 is 23.5 Å². The summed E-state index contributed by atoms with van der Waals surface area (Å²) in [5.41, 5.74) is 0.512. The van der Waals surface area contributed by atoms with Crippen molar-refractivity contribution in [1.82, 2.24) is 19.9 Å². The molecular formula is C18H17FN6O4. The van der Waals surface area contributed by atoms with Crippen LogP contribution in [0.2, 0.25) is 0 Å². The second kappa shape index (κ2) is 7.26. The molecule has 11 heteroatoms. The van der Waals surface area contributed by atoms with E-state index in [4.69, 9.17) is 9.47 Å². The fourth-order valence-corrected chi connectivity index (χ4v) is 2.95. The second-order valence-electron chi connectivity index (χ2n) is 6.08. The van der Waals surface area contributed by atoms with Gasteiger partial charge in [0, 0.05) is 32.3 Å². The van der Waals surface area contributed by atoms with Gasteiger partial charge in [0.05, 0.1) is 17.4 Å². The number of ketones is 1. The highest BCUT2D eigenvalue weighted by atomic mass is 19.1. The molecule has 0 aliphatic carbocycles. The van der Waals surface area contributed by atoms with Gasteiger partial charge in [-0.3, -0.25) is 9.59 Å². The van der Waals surface area contributed by atoms with Crippen molar-refractivity contribution in [1.29, 1.82) is 0 Å². The first kappa shape index (κ1) is 18.5. The number of nitrogens with one attached hydrogen (secondary N) is 3. The van der Waals surface area contributed by atoms with Crippen molar-refractivity contribution in [3.8, 4) is 11.5 Å². The van der Waals surface area contributed by atoms with Crippen molar-refractivity contribution in [2.75, 3.05) is 37.9 Å². The number of benzene rings is 1. The SMILES string of the molecule is CNC(=O)C(=O)c1cnn2c(NC)cc(Nc3cc(F)cc4c3OCCO4)nc12. The predicted molar refractivity (Wildman–Crippen MR) is 102 cm³/mol. The van der Waals surface area contributed by atoms with Crippen LogP contribution < -0.4 is 25.4 Å². The molecule has 1 aliphatic heterocycles. The molecule has 10 nitrogen and oxygen atoms in total. The Balaban J connectivity index is 1.80. The Hall–Kier alpha value is -3.89. The first-order valence-electron chi connectivity index (χ1n) is 8.71. The zero-order valence-electron chi connectivity index (χ0n) is 15.6. The van der Waals surface area contributed by atoms with Gasteiger partial charge in [0.25, 0.3) is 11.7 Å². The normalized spacial score (nSPS) is 12.5. The van der Waals surface area contributed by atoms with E-state index < -0.39 is 17.5 Å². The van der Waals surface area contributed by atoms with E-state index in [2.05, 4.69) is 26.0 Å². The Labute approximate surface area is 164 Å². The second-order valence-corrected chi connectivity index (χ2v) is 6.08. The lowest BCUT2D eigenvalue weighted by Gasteiger charge is -2.21. The van der Waals surface area contributed by atoms with Crippen LogP contribution in [0.25, 0.3) is 5.65 Å². The van der Waals surface area contributed by atoms with E-state index in [9.17, 15) is 14.0 Å². The number of likely N-dealkylation sites (N-methyl/N-ethyl adjacent to an activating group) is 1. The molecule has 3 heterocycles. The summed E-state index contributed by atoms with van der Waals surface area (Å²) in [5, 5.41) is 12.3. The zero-order chi connectivity index (χ0) is 20.5. The highest BCUT2D eigenvalue weighted by Gasteiger charge is 2.23. The number of hydrogen-bond acceptors (Lipinski definition) is 8. The van der Waals surface area contributed by atoms with E-state index in [1.165, 1.54) is 29.9 Å². The Bertz CT molecular complexity index is 1130. The topological polar surface area (TPSA) is 119 Å². The van der Waals surface area contributed by atoms with E-state index in [1.54, 1.807) is 13.1 Å². The van der Waals surface area contributed by atoms with Crippen LogP contribution in [-0.4, -0.2) is 53.6 Å². The maximum atomic E-state index is 14.0. The van der Waals surface area contributed by atoms with Gasteiger partial charge in [-0.25, -0.2) is 9.37 Å². The van der Waals surface area contributed by atoms with E-state index in [0.29, 0.717) is 30.5 Å². The number of Topliss-reactive ketones (excluding diaryl/α,β-unsaturated/α-hetero) is 1. The first-order valence-corrected chi connectivity index (χ1v) is 8.71. The van der Waals surface area contributed by atoms with Gasteiger partial charge in [-0.15, -0.1) is 0 Å². The molecule has 0 fully saturated rings. The molecule has 3 aromatic rings. The molecule has 29 heavy (non-hydrogen) atoms. The Kier molecular flexibility index (Phi) is 4.63. The maximum Gasteiger partial charge on any atom is 0.292 e. The van der Waals surface area contributed by atoms with Crippen LogP contribution in [-0.2, 0) is 4.79 Å². The quantitative estimate of drug-likeness (QED) is 0.434. The third kappa shape index (κ3) is 3.26. The lowest BCUT2D eigenvalue weighted by Crippen LogP contribution is -2.27. The smallest absolute Gasteiger partial charge is 0.292 e. The molecule has 2 aromatic heterocycles. The van der Waals surface area contributed by atoms with E-state index in [1.807, 2.05) is 0 Å². The number of carbonyl (C=O) groups is 2. The average molecular weight is 400 g/mol. The van der Waals surface area contributed by atoms with Crippen LogP contribution in [0.1, 0.15) is 10.4 Å². The molecule has 0 saturated carbocycles. The average Bonchev–Trinajstić information content (AvgIpc) is 3.15. The molecule has 0 saturated heterocycles. The molecule has 0 unspecified atom stereocenters. The number of halogens is 1. The first-order chi connectivity index (χ1) is 14.0. The molecule has 1 amide bonds. The van der Waals surface area contributed by atoms with Gasteiger partial charge in [0.2, 0.25) is 0 Å². The summed E-state index contributed by atoms with van der Waals surface area (Å²) in [5.74, 6) is -0.628. The van der Waals surface area contributed by atoms with E-state index in [0.717, 1.165) is 0 Å². The highest BCUT2D eigenvalue weighted by molar-refractivity contribution is 6.44. The Morgan fingerprint density at radius 2 is 1.97 bits per heavy atom. The molecule has 1 aromatic carbocycles. The molecule has 150 valence electrons. The molecule has 4 rings (SSSR count). The molecule has 0 radical (unpaired) electrons. The Morgan fingerprint density at radius 3 is 2.72 bits per heavy atom. The number of hydrogen-bond donors (Lipinski definition) is 3. The van der Waals surface area contributed by atoms with E-state index >= 15 is 0 Å². The minimum Gasteiger partial charge on any atom is -0.486 e. The Morgan fingerprint density at radius 1 is 1.17 bits per heavy atom. The largest absolute Gasteiger partial charge is 0.486 e. The number of rotatable bonds is 5. The van der Waals surface area contributed by atoms with Gasteiger partial charge in [-0.2, -0.15) is 9.61 Å².